The van der Waals surface area contributed by atoms with Crippen molar-refractivity contribution >= 4 is 22.6 Å². The van der Waals surface area contributed by atoms with Crippen LogP contribution in [0.25, 0.3) is 0 Å². The van der Waals surface area contributed by atoms with Gasteiger partial charge >= 0.3 is 6.18 Å². The zero-order chi connectivity index (χ0) is 7.49. The first kappa shape index (κ1) is 9.22. The Morgan fingerprint density at radius 2 is 2.00 bits per heavy atom. The Hall–Kier alpha value is 0.220. The van der Waals surface area contributed by atoms with Gasteiger partial charge in [-0.05, 0) is 22.6 Å². The molecule has 0 heterocycles. The van der Waals surface area contributed by atoms with Crippen LogP contribution in [0.5, 0.6) is 0 Å². The standard InChI is InChI=1S/C4H4F3IO/c5-4(6,7)1-3(8)2-9/h1,9H,2H2/b3-1+. The van der Waals surface area contributed by atoms with Crippen molar-refractivity contribution in [1.82, 2.24) is 0 Å². The highest BCUT2D eigenvalue weighted by Gasteiger charge is 2.23. The van der Waals surface area contributed by atoms with Crippen molar-refractivity contribution in [3.63, 3.8) is 0 Å². The second-order valence-electron chi connectivity index (χ2n) is 1.29. The zero-order valence-electron chi connectivity index (χ0n) is 4.24. The predicted octanol–water partition coefficient (Wildman–Crippen LogP) is 1.86. The second kappa shape index (κ2) is 3.40. The molecule has 0 saturated heterocycles. The van der Waals surface area contributed by atoms with E-state index in [1.54, 1.807) is 0 Å². The van der Waals surface area contributed by atoms with E-state index in [0.29, 0.717) is 0 Å². The fraction of sp³-hybridized carbons (Fsp3) is 0.500. The third kappa shape index (κ3) is 6.10. The van der Waals surface area contributed by atoms with Crippen LogP contribution in [0.1, 0.15) is 0 Å². The van der Waals surface area contributed by atoms with E-state index in [0.717, 1.165) is 0 Å². The van der Waals surface area contributed by atoms with Crippen molar-refractivity contribution in [2.24, 2.45) is 0 Å². The Balaban J connectivity index is 3.95. The van der Waals surface area contributed by atoms with E-state index < -0.39 is 12.8 Å². The Kier molecular flexibility index (Phi) is 3.49. The summed E-state index contributed by atoms with van der Waals surface area (Å²) in [6.45, 7) is -0.555. The van der Waals surface area contributed by atoms with E-state index in [-0.39, 0.29) is 9.66 Å². The predicted molar refractivity (Wildman–Crippen MR) is 35.2 cm³/mol. The van der Waals surface area contributed by atoms with E-state index >= 15 is 0 Å². The van der Waals surface area contributed by atoms with Crippen LogP contribution in [0.3, 0.4) is 0 Å². The molecule has 54 valence electrons. The normalized spacial score (nSPS) is 14.1. The maximum atomic E-state index is 11.3. The second-order valence-corrected chi connectivity index (χ2v) is 2.68. The van der Waals surface area contributed by atoms with Gasteiger partial charge in [0.05, 0.1) is 6.61 Å². The van der Waals surface area contributed by atoms with Gasteiger partial charge in [0.15, 0.2) is 0 Å². The number of halogens is 4. The third-order valence-electron chi connectivity index (χ3n) is 0.471. The molecule has 0 aliphatic rings. The summed E-state index contributed by atoms with van der Waals surface area (Å²) in [6, 6.07) is 0. The largest absolute Gasteiger partial charge is 0.410 e. The van der Waals surface area contributed by atoms with Gasteiger partial charge in [-0.1, -0.05) is 0 Å². The Labute approximate surface area is 63.7 Å². The summed E-state index contributed by atoms with van der Waals surface area (Å²) in [7, 11) is 0. The zero-order valence-corrected chi connectivity index (χ0v) is 6.40. The van der Waals surface area contributed by atoms with Crippen molar-refractivity contribution in [2.45, 2.75) is 6.18 Å². The topological polar surface area (TPSA) is 20.2 Å². The molecule has 5 heteroatoms. The first-order chi connectivity index (χ1) is 3.95. The molecule has 0 radical (unpaired) electrons. The molecule has 0 atom stereocenters. The van der Waals surface area contributed by atoms with E-state index in [1.165, 1.54) is 22.6 Å². The molecule has 0 aliphatic heterocycles. The van der Waals surface area contributed by atoms with Gasteiger partial charge in [0.25, 0.3) is 0 Å². The molecule has 9 heavy (non-hydrogen) atoms. The van der Waals surface area contributed by atoms with Gasteiger partial charge in [0, 0.05) is 9.66 Å². The van der Waals surface area contributed by atoms with Crippen molar-refractivity contribution in [3.8, 4) is 0 Å². The highest BCUT2D eigenvalue weighted by Crippen LogP contribution is 2.20. The summed E-state index contributed by atoms with van der Waals surface area (Å²) < 4.78 is 33.8. The number of rotatable bonds is 1. The quantitative estimate of drug-likeness (QED) is 0.706. The van der Waals surface area contributed by atoms with Crippen LogP contribution in [-0.4, -0.2) is 17.9 Å². The van der Waals surface area contributed by atoms with E-state index in [9.17, 15) is 13.2 Å². The SMILES string of the molecule is OC/C(I)=C\C(F)(F)F. The molecule has 0 spiro atoms. The van der Waals surface area contributed by atoms with Crippen LogP contribution in [-0.2, 0) is 0 Å². The minimum Gasteiger partial charge on any atom is -0.391 e. The Bertz CT molecular complexity index is 117. The van der Waals surface area contributed by atoms with Crippen LogP contribution < -0.4 is 0 Å². The molecule has 0 unspecified atom stereocenters. The molecule has 0 aromatic carbocycles. The molecule has 0 aromatic rings. The molecular formula is C4H4F3IO. The molecule has 0 rings (SSSR count). The van der Waals surface area contributed by atoms with Gasteiger partial charge in [0.1, 0.15) is 0 Å². The van der Waals surface area contributed by atoms with E-state index in [2.05, 4.69) is 0 Å². The summed E-state index contributed by atoms with van der Waals surface area (Å²) in [5, 5.41) is 8.12. The minimum atomic E-state index is -4.31. The van der Waals surface area contributed by atoms with Crippen molar-refractivity contribution in [3.05, 3.63) is 9.66 Å². The summed E-state index contributed by atoms with van der Waals surface area (Å²) in [4.78, 5) is 0. The molecule has 0 fully saturated rings. The molecule has 0 amide bonds. The highest BCUT2D eigenvalue weighted by molar-refractivity contribution is 14.1. The van der Waals surface area contributed by atoms with Gasteiger partial charge in [-0.2, -0.15) is 13.2 Å². The summed E-state index contributed by atoms with van der Waals surface area (Å²) in [5.41, 5.74) is 0. The smallest absolute Gasteiger partial charge is 0.391 e. The third-order valence-corrected chi connectivity index (χ3v) is 1.12. The number of allylic oxidation sites excluding steroid dienone is 1. The average Bonchev–Trinajstić information content (AvgIpc) is 1.62. The highest BCUT2D eigenvalue weighted by atomic mass is 127. The van der Waals surface area contributed by atoms with Crippen molar-refractivity contribution < 1.29 is 18.3 Å². The van der Waals surface area contributed by atoms with Gasteiger partial charge in [-0.25, -0.2) is 0 Å². The Morgan fingerprint density at radius 3 is 2.11 bits per heavy atom. The van der Waals surface area contributed by atoms with E-state index in [4.69, 9.17) is 5.11 Å². The fourth-order valence-corrected chi connectivity index (χ4v) is 0.576. The van der Waals surface area contributed by atoms with Gasteiger partial charge in [-0.3, -0.25) is 0 Å². The number of aliphatic hydroxyl groups is 1. The first-order valence-corrected chi connectivity index (χ1v) is 3.08. The van der Waals surface area contributed by atoms with Crippen LogP contribution in [0, 0.1) is 0 Å². The minimum absolute atomic E-state index is 0.0631. The van der Waals surface area contributed by atoms with Gasteiger partial charge in [-0.15, -0.1) is 0 Å². The first-order valence-electron chi connectivity index (χ1n) is 2.00. The number of alkyl halides is 3. The molecule has 1 N–H and O–H groups in total. The number of hydrogen-bond acceptors (Lipinski definition) is 1. The fourth-order valence-electron chi connectivity index (χ4n) is 0.223. The number of aliphatic hydroxyl groups excluding tert-OH is 1. The Morgan fingerprint density at radius 1 is 1.56 bits per heavy atom. The maximum Gasteiger partial charge on any atom is 0.410 e. The molecule has 0 aliphatic carbocycles. The van der Waals surface area contributed by atoms with Gasteiger partial charge < -0.3 is 5.11 Å². The summed E-state index contributed by atoms with van der Waals surface area (Å²) >= 11 is 1.42. The lowest BCUT2D eigenvalue weighted by Gasteiger charge is -1.98. The van der Waals surface area contributed by atoms with E-state index in [1.807, 2.05) is 0 Å². The van der Waals surface area contributed by atoms with Crippen LogP contribution >= 0.6 is 22.6 Å². The summed E-state index contributed by atoms with van der Waals surface area (Å²) in [6.07, 6.45) is -4.24. The van der Waals surface area contributed by atoms with Crippen molar-refractivity contribution in [1.29, 1.82) is 0 Å². The van der Waals surface area contributed by atoms with Crippen molar-refractivity contribution in [2.75, 3.05) is 6.61 Å². The van der Waals surface area contributed by atoms with Gasteiger partial charge in [0.2, 0.25) is 0 Å². The lowest BCUT2D eigenvalue weighted by Crippen LogP contribution is -2.02. The maximum absolute atomic E-state index is 11.3. The average molecular weight is 252 g/mol. The molecular weight excluding hydrogens is 248 g/mol. The lowest BCUT2D eigenvalue weighted by molar-refractivity contribution is -0.0803. The van der Waals surface area contributed by atoms with Crippen LogP contribution in [0.15, 0.2) is 9.66 Å². The number of hydrogen-bond donors (Lipinski definition) is 1. The molecule has 0 saturated carbocycles. The molecule has 1 nitrogen and oxygen atoms in total. The van der Waals surface area contributed by atoms with Crippen LogP contribution in [0.2, 0.25) is 0 Å². The molecule has 0 bridgehead atoms. The monoisotopic (exact) mass is 252 g/mol. The molecule has 0 aromatic heterocycles. The lowest BCUT2D eigenvalue weighted by atomic mass is 10.5. The summed E-state index contributed by atoms with van der Waals surface area (Å²) in [5.74, 6) is 0. The van der Waals surface area contributed by atoms with Crippen LogP contribution in [0.4, 0.5) is 13.2 Å².